The van der Waals surface area contributed by atoms with Crippen LogP contribution < -0.4 is 0 Å². The molecule has 92 valence electrons. The van der Waals surface area contributed by atoms with E-state index in [1.165, 1.54) is 16.8 Å². The molecule has 6 heteroatoms. The number of oxime groups is 1. The van der Waals surface area contributed by atoms with Gasteiger partial charge in [0.25, 0.3) is 0 Å². The summed E-state index contributed by atoms with van der Waals surface area (Å²) in [6.45, 7) is 0.353. The second kappa shape index (κ2) is 5.13. The number of aromatic nitrogens is 1. The van der Waals surface area contributed by atoms with Crippen LogP contribution in [0.2, 0.25) is 0 Å². The first-order chi connectivity index (χ1) is 8.72. The number of benzene rings is 1. The van der Waals surface area contributed by atoms with Crippen molar-refractivity contribution in [2.45, 2.75) is 6.54 Å². The molecule has 2 rings (SSSR count). The fraction of sp³-hybridized carbons (Fsp3) is 0.0833. The van der Waals surface area contributed by atoms with Crippen LogP contribution in [0, 0.1) is 10.1 Å². The zero-order valence-corrected chi connectivity index (χ0v) is 9.43. The first-order valence-electron chi connectivity index (χ1n) is 5.27. The Kier molecular flexibility index (Phi) is 3.38. The lowest BCUT2D eigenvalue weighted by Gasteiger charge is -2.03. The first-order valence-corrected chi connectivity index (χ1v) is 5.27. The van der Waals surface area contributed by atoms with Crippen molar-refractivity contribution in [1.29, 1.82) is 0 Å². The molecule has 0 fully saturated rings. The van der Waals surface area contributed by atoms with Crippen LogP contribution in [0.4, 0.5) is 5.82 Å². The minimum Gasteiger partial charge on any atom is -0.411 e. The molecule has 0 bridgehead atoms. The molecular formula is C12H11N3O3. The summed E-state index contributed by atoms with van der Waals surface area (Å²) in [5, 5.41) is 22.4. The van der Waals surface area contributed by atoms with E-state index in [2.05, 4.69) is 5.16 Å². The molecule has 0 spiro atoms. The van der Waals surface area contributed by atoms with E-state index in [0.717, 1.165) is 5.56 Å². The van der Waals surface area contributed by atoms with Crippen LogP contribution in [0.1, 0.15) is 11.3 Å². The summed E-state index contributed by atoms with van der Waals surface area (Å²) in [5.74, 6) is -0.0336. The molecule has 0 saturated carbocycles. The molecule has 1 aromatic heterocycles. The van der Waals surface area contributed by atoms with Crippen molar-refractivity contribution < 1.29 is 10.1 Å². The highest BCUT2D eigenvalue weighted by Gasteiger charge is 2.17. The Bertz CT molecular complexity index is 576. The summed E-state index contributed by atoms with van der Waals surface area (Å²) < 4.78 is 1.48. The monoisotopic (exact) mass is 245 g/mol. The topological polar surface area (TPSA) is 80.7 Å². The normalized spacial score (nSPS) is 10.9. The van der Waals surface area contributed by atoms with Crippen LogP contribution >= 0.6 is 0 Å². The van der Waals surface area contributed by atoms with E-state index in [1.807, 2.05) is 30.3 Å². The van der Waals surface area contributed by atoms with Crippen molar-refractivity contribution >= 4 is 12.0 Å². The average Bonchev–Trinajstić information content (AvgIpc) is 2.74. The van der Waals surface area contributed by atoms with E-state index in [4.69, 9.17) is 5.21 Å². The van der Waals surface area contributed by atoms with Crippen molar-refractivity contribution in [3.05, 3.63) is 63.8 Å². The summed E-state index contributed by atoms with van der Waals surface area (Å²) in [4.78, 5) is 10.4. The van der Waals surface area contributed by atoms with Gasteiger partial charge in [0.1, 0.15) is 18.5 Å². The largest absolute Gasteiger partial charge is 0.411 e. The number of rotatable bonds is 4. The van der Waals surface area contributed by atoms with Crippen LogP contribution in [-0.2, 0) is 6.54 Å². The van der Waals surface area contributed by atoms with Crippen LogP contribution in [0.3, 0.4) is 0 Å². The maximum absolute atomic E-state index is 10.9. The molecule has 0 aliphatic carbocycles. The molecule has 18 heavy (non-hydrogen) atoms. The van der Waals surface area contributed by atoms with Gasteiger partial charge in [0.2, 0.25) is 0 Å². The highest BCUT2D eigenvalue weighted by atomic mass is 16.6. The van der Waals surface area contributed by atoms with Crippen molar-refractivity contribution in [2.24, 2.45) is 5.16 Å². The minimum absolute atomic E-state index is 0.0336. The van der Waals surface area contributed by atoms with Crippen LogP contribution in [0.15, 0.2) is 47.6 Å². The van der Waals surface area contributed by atoms with E-state index in [1.54, 1.807) is 6.07 Å². The third-order valence-electron chi connectivity index (χ3n) is 2.55. The van der Waals surface area contributed by atoms with E-state index in [0.29, 0.717) is 12.2 Å². The maximum Gasteiger partial charge on any atom is 0.323 e. The Balaban J connectivity index is 2.41. The highest BCUT2D eigenvalue weighted by molar-refractivity contribution is 5.78. The molecule has 1 heterocycles. The predicted molar refractivity (Wildman–Crippen MR) is 66.0 cm³/mol. The Labute approximate surface area is 103 Å². The van der Waals surface area contributed by atoms with E-state index in [9.17, 15) is 10.1 Å². The summed E-state index contributed by atoms with van der Waals surface area (Å²) >= 11 is 0. The van der Waals surface area contributed by atoms with Crippen LogP contribution in [-0.4, -0.2) is 20.9 Å². The standard InChI is InChI=1S/C12H11N3O3/c16-13-8-11-6-7-12(15(17)18)14(11)9-10-4-2-1-3-5-10/h1-8,16H,9H2/b13-8+. The SMILES string of the molecule is O=[N+]([O-])c1ccc(/C=N/O)n1Cc1ccccc1. The van der Waals surface area contributed by atoms with Crippen molar-refractivity contribution in [1.82, 2.24) is 4.57 Å². The summed E-state index contributed by atoms with van der Waals surface area (Å²) in [6, 6.07) is 12.3. The third kappa shape index (κ3) is 2.37. The van der Waals surface area contributed by atoms with Gasteiger partial charge in [-0.3, -0.25) is 0 Å². The smallest absolute Gasteiger partial charge is 0.323 e. The van der Waals surface area contributed by atoms with E-state index in [-0.39, 0.29) is 5.82 Å². The Morgan fingerprint density at radius 1 is 1.28 bits per heavy atom. The average molecular weight is 245 g/mol. The van der Waals surface area contributed by atoms with Crippen molar-refractivity contribution in [3.63, 3.8) is 0 Å². The molecule has 2 aromatic rings. The molecule has 1 aromatic carbocycles. The molecule has 0 atom stereocenters. The third-order valence-corrected chi connectivity index (χ3v) is 2.55. The van der Waals surface area contributed by atoms with Gasteiger partial charge in [-0.2, -0.15) is 0 Å². The van der Waals surface area contributed by atoms with E-state index >= 15 is 0 Å². The fourth-order valence-electron chi connectivity index (χ4n) is 1.74. The molecular weight excluding hydrogens is 234 g/mol. The molecule has 1 N–H and O–H groups in total. The highest BCUT2D eigenvalue weighted by Crippen LogP contribution is 2.18. The van der Waals surface area contributed by atoms with Gasteiger partial charge in [-0.1, -0.05) is 35.5 Å². The van der Waals surface area contributed by atoms with Gasteiger partial charge in [0, 0.05) is 6.07 Å². The van der Waals surface area contributed by atoms with Crippen molar-refractivity contribution in [3.8, 4) is 0 Å². The minimum atomic E-state index is -0.461. The lowest BCUT2D eigenvalue weighted by atomic mass is 10.2. The van der Waals surface area contributed by atoms with Crippen LogP contribution in [0.25, 0.3) is 0 Å². The molecule has 0 amide bonds. The predicted octanol–water partition coefficient (Wildman–Crippen LogP) is 2.25. The van der Waals surface area contributed by atoms with E-state index < -0.39 is 4.92 Å². The summed E-state index contributed by atoms with van der Waals surface area (Å²) in [7, 11) is 0. The van der Waals surface area contributed by atoms with Crippen molar-refractivity contribution in [2.75, 3.05) is 0 Å². The number of hydrogen-bond acceptors (Lipinski definition) is 4. The second-order valence-corrected chi connectivity index (χ2v) is 3.69. The van der Waals surface area contributed by atoms with Gasteiger partial charge in [-0.25, -0.2) is 4.57 Å². The number of nitro groups is 1. The van der Waals surface area contributed by atoms with Gasteiger partial charge in [0.15, 0.2) is 0 Å². The molecule has 0 unspecified atom stereocenters. The molecule has 0 aliphatic heterocycles. The maximum atomic E-state index is 10.9. The van der Waals surface area contributed by atoms with Gasteiger partial charge < -0.3 is 15.3 Å². The molecule has 0 aliphatic rings. The van der Waals surface area contributed by atoms with Gasteiger partial charge >= 0.3 is 5.82 Å². The van der Waals surface area contributed by atoms with Gasteiger partial charge in [-0.05, 0) is 16.6 Å². The number of hydrogen-bond donors (Lipinski definition) is 1. The first kappa shape index (κ1) is 11.8. The Morgan fingerprint density at radius 2 is 2.00 bits per heavy atom. The summed E-state index contributed by atoms with van der Waals surface area (Å²) in [6.07, 6.45) is 1.18. The summed E-state index contributed by atoms with van der Waals surface area (Å²) in [5.41, 5.74) is 1.41. The zero-order valence-electron chi connectivity index (χ0n) is 9.43. The van der Waals surface area contributed by atoms with Gasteiger partial charge in [-0.15, -0.1) is 0 Å². The quantitative estimate of drug-likeness (QED) is 0.388. The molecule has 0 saturated heterocycles. The second-order valence-electron chi connectivity index (χ2n) is 3.69. The van der Waals surface area contributed by atoms with Gasteiger partial charge in [0.05, 0.1) is 0 Å². The lowest BCUT2D eigenvalue weighted by Crippen LogP contribution is -2.07. The Hall–Kier alpha value is -2.63. The molecule has 0 radical (unpaired) electrons. The molecule has 6 nitrogen and oxygen atoms in total. The Morgan fingerprint density at radius 3 is 2.61 bits per heavy atom. The van der Waals surface area contributed by atoms with Crippen LogP contribution in [0.5, 0.6) is 0 Å². The lowest BCUT2D eigenvalue weighted by molar-refractivity contribution is -0.391. The fourth-order valence-corrected chi connectivity index (χ4v) is 1.74. The number of nitrogens with zero attached hydrogens (tertiary/aromatic N) is 3. The zero-order chi connectivity index (χ0) is 13.0.